The predicted octanol–water partition coefficient (Wildman–Crippen LogP) is 3.64. The molecule has 19 heavy (non-hydrogen) atoms. The van der Waals surface area contributed by atoms with E-state index in [4.69, 9.17) is 21.4 Å². The van der Waals surface area contributed by atoms with Crippen LogP contribution in [0, 0.1) is 17.2 Å². The monoisotopic (exact) mass is 291 g/mol. The van der Waals surface area contributed by atoms with E-state index in [1.807, 2.05) is 24.3 Å². The van der Waals surface area contributed by atoms with Gasteiger partial charge in [-0.1, -0.05) is 22.8 Å². The molecule has 96 valence electrons. The van der Waals surface area contributed by atoms with Gasteiger partial charge in [-0.15, -0.1) is 11.8 Å². The van der Waals surface area contributed by atoms with Gasteiger partial charge in [0.2, 0.25) is 5.89 Å². The predicted molar refractivity (Wildman–Crippen MR) is 71.8 cm³/mol. The standard InChI is InChI=1S/C13H10ClN3OS/c14-9-2-1-3-10(5-9)19-7-12-16-13(18-17-12)11-4-8(11)6-15/h1-3,5,8,11H,4,7H2. The number of nitrogens with zero attached hydrogens (tertiary/aromatic N) is 3. The molecule has 0 amide bonds. The molecule has 0 spiro atoms. The first kappa shape index (κ1) is 12.5. The topological polar surface area (TPSA) is 62.7 Å². The van der Waals surface area contributed by atoms with E-state index in [0.717, 1.165) is 11.3 Å². The minimum atomic E-state index is 0.0499. The van der Waals surface area contributed by atoms with Crippen LogP contribution in [0.5, 0.6) is 0 Å². The van der Waals surface area contributed by atoms with Crippen molar-refractivity contribution in [2.75, 3.05) is 0 Å². The van der Waals surface area contributed by atoms with Crippen LogP contribution in [0.25, 0.3) is 0 Å². The fraction of sp³-hybridized carbons (Fsp3) is 0.308. The summed E-state index contributed by atoms with van der Waals surface area (Å²) in [6.07, 6.45) is 0.833. The highest BCUT2D eigenvalue weighted by Gasteiger charge is 2.43. The second-order valence-electron chi connectivity index (χ2n) is 4.37. The third kappa shape index (κ3) is 2.91. The van der Waals surface area contributed by atoms with Crippen molar-refractivity contribution in [3.05, 3.63) is 41.0 Å². The first-order chi connectivity index (χ1) is 9.26. The summed E-state index contributed by atoms with van der Waals surface area (Å²) >= 11 is 7.52. The lowest BCUT2D eigenvalue weighted by Gasteiger charge is -1.98. The van der Waals surface area contributed by atoms with Crippen molar-refractivity contribution in [2.24, 2.45) is 5.92 Å². The van der Waals surface area contributed by atoms with Crippen LogP contribution in [0.4, 0.5) is 0 Å². The zero-order valence-corrected chi connectivity index (χ0v) is 11.5. The van der Waals surface area contributed by atoms with Crippen molar-refractivity contribution in [3.8, 4) is 6.07 Å². The van der Waals surface area contributed by atoms with Crippen LogP contribution in [0.2, 0.25) is 5.02 Å². The molecule has 2 atom stereocenters. The molecule has 1 heterocycles. The Hall–Kier alpha value is -1.51. The molecule has 1 aromatic carbocycles. The molecule has 1 saturated carbocycles. The number of rotatable bonds is 4. The van der Waals surface area contributed by atoms with Gasteiger partial charge < -0.3 is 4.52 Å². The summed E-state index contributed by atoms with van der Waals surface area (Å²) < 4.78 is 5.18. The summed E-state index contributed by atoms with van der Waals surface area (Å²) in [6.45, 7) is 0. The summed E-state index contributed by atoms with van der Waals surface area (Å²) in [5.41, 5.74) is 0. The minimum Gasteiger partial charge on any atom is -0.339 e. The van der Waals surface area contributed by atoms with Gasteiger partial charge in [0, 0.05) is 9.92 Å². The molecule has 0 aliphatic heterocycles. The molecule has 2 aromatic rings. The molecule has 1 aromatic heterocycles. The third-order valence-corrected chi connectivity index (χ3v) is 4.15. The fourth-order valence-corrected chi connectivity index (χ4v) is 2.85. The Morgan fingerprint density at radius 3 is 3.16 bits per heavy atom. The van der Waals surface area contributed by atoms with Gasteiger partial charge >= 0.3 is 0 Å². The lowest BCUT2D eigenvalue weighted by atomic mass is 10.3. The smallest absolute Gasteiger partial charge is 0.231 e. The van der Waals surface area contributed by atoms with Gasteiger partial charge in [0.1, 0.15) is 0 Å². The van der Waals surface area contributed by atoms with Crippen molar-refractivity contribution in [1.82, 2.24) is 10.1 Å². The van der Waals surface area contributed by atoms with E-state index in [0.29, 0.717) is 22.5 Å². The highest BCUT2D eigenvalue weighted by molar-refractivity contribution is 7.98. The van der Waals surface area contributed by atoms with Crippen molar-refractivity contribution in [3.63, 3.8) is 0 Å². The maximum absolute atomic E-state index is 8.77. The Morgan fingerprint density at radius 1 is 1.53 bits per heavy atom. The quantitative estimate of drug-likeness (QED) is 0.805. The SMILES string of the molecule is N#CC1CC1c1nc(CSc2cccc(Cl)c2)no1. The van der Waals surface area contributed by atoms with Crippen LogP contribution in [-0.4, -0.2) is 10.1 Å². The van der Waals surface area contributed by atoms with E-state index in [2.05, 4.69) is 16.2 Å². The van der Waals surface area contributed by atoms with E-state index in [9.17, 15) is 0 Å². The Bertz CT molecular complexity index is 637. The number of aromatic nitrogens is 2. The number of benzene rings is 1. The number of nitriles is 1. The number of halogens is 1. The Morgan fingerprint density at radius 2 is 2.42 bits per heavy atom. The molecule has 1 aliphatic rings. The average Bonchev–Trinajstić information content (AvgIpc) is 3.06. The van der Waals surface area contributed by atoms with Crippen LogP contribution in [0.3, 0.4) is 0 Å². The molecule has 0 N–H and O–H groups in total. The van der Waals surface area contributed by atoms with E-state index in [1.54, 1.807) is 11.8 Å². The first-order valence-corrected chi connectivity index (χ1v) is 7.23. The number of hydrogen-bond acceptors (Lipinski definition) is 5. The van der Waals surface area contributed by atoms with E-state index in [1.165, 1.54) is 0 Å². The van der Waals surface area contributed by atoms with Crippen molar-refractivity contribution < 1.29 is 4.52 Å². The van der Waals surface area contributed by atoms with Crippen molar-refractivity contribution in [1.29, 1.82) is 5.26 Å². The maximum atomic E-state index is 8.77. The Kier molecular flexibility index (Phi) is 3.45. The van der Waals surface area contributed by atoms with Gasteiger partial charge in [0.05, 0.1) is 23.7 Å². The summed E-state index contributed by atoms with van der Waals surface area (Å²) in [5.74, 6) is 2.07. The molecular weight excluding hydrogens is 282 g/mol. The van der Waals surface area contributed by atoms with E-state index < -0.39 is 0 Å². The molecular formula is C13H10ClN3OS. The molecule has 4 nitrogen and oxygen atoms in total. The normalized spacial score (nSPS) is 21.1. The lowest BCUT2D eigenvalue weighted by Crippen LogP contribution is -1.86. The molecule has 1 fully saturated rings. The second kappa shape index (κ2) is 5.24. The summed E-state index contributed by atoms with van der Waals surface area (Å²) in [6, 6.07) is 9.86. The van der Waals surface area contributed by atoms with Crippen molar-refractivity contribution >= 4 is 23.4 Å². The highest BCUT2D eigenvalue weighted by atomic mass is 35.5. The zero-order valence-electron chi connectivity index (χ0n) is 9.91. The number of thioether (sulfide) groups is 1. The van der Waals surface area contributed by atoms with E-state index >= 15 is 0 Å². The Labute approximate surface area is 119 Å². The Balaban J connectivity index is 1.61. The maximum Gasteiger partial charge on any atom is 0.231 e. The van der Waals surface area contributed by atoms with Gasteiger partial charge in [-0.2, -0.15) is 10.2 Å². The fourth-order valence-electron chi connectivity index (χ4n) is 1.79. The van der Waals surface area contributed by atoms with E-state index in [-0.39, 0.29) is 11.8 Å². The first-order valence-electron chi connectivity index (χ1n) is 5.87. The molecule has 1 aliphatic carbocycles. The van der Waals surface area contributed by atoms with Crippen molar-refractivity contribution in [2.45, 2.75) is 23.0 Å². The van der Waals surface area contributed by atoms with Crippen LogP contribution in [0.1, 0.15) is 24.1 Å². The molecule has 0 bridgehead atoms. The number of hydrogen-bond donors (Lipinski definition) is 0. The highest BCUT2D eigenvalue weighted by Crippen LogP contribution is 2.46. The van der Waals surface area contributed by atoms with Gasteiger partial charge in [-0.05, 0) is 24.6 Å². The molecule has 0 radical (unpaired) electrons. The minimum absolute atomic E-state index is 0.0499. The average molecular weight is 292 g/mol. The third-order valence-electron chi connectivity index (χ3n) is 2.92. The van der Waals surface area contributed by atoms with Crippen LogP contribution >= 0.6 is 23.4 Å². The van der Waals surface area contributed by atoms with Gasteiger partial charge in [-0.25, -0.2) is 0 Å². The van der Waals surface area contributed by atoms with Gasteiger partial charge in [0.15, 0.2) is 5.82 Å². The molecule has 6 heteroatoms. The lowest BCUT2D eigenvalue weighted by molar-refractivity contribution is 0.373. The van der Waals surface area contributed by atoms with Crippen LogP contribution in [-0.2, 0) is 5.75 Å². The summed E-state index contributed by atoms with van der Waals surface area (Å²) in [5, 5.41) is 13.4. The van der Waals surface area contributed by atoms with Gasteiger partial charge in [-0.3, -0.25) is 0 Å². The van der Waals surface area contributed by atoms with Gasteiger partial charge in [0.25, 0.3) is 0 Å². The van der Waals surface area contributed by atoms with Crippen LogP contribution < -0.4 is 0 Å². The zero-order chi connectivity index (χ0) is 13.2. The molecule has 3 rings (SSSR count). The summed E-state index contributed by atoms with van der Waals surface area (Å²) in [7, 11) is 0. The molecule has 2 unspecified atom stereocenters. The summed E-state index contributed by atoms with van der Waals surface area (Å²) in [4.78, 5) is 5.39. The largest absolute Gasteiger partial charge is 0.339 e. The van der Waals surface area contributed by atoms with Crippen LogP contribution in [0.15, 0.2) is 33.7 Å². The second-order valence-corrected chi connectivity index (χ2v) is 5.86. The molecule has 0 saturated heterocycles.